The topological polar surface area (TPSA) is 110 Å². The number of rotatable bonds is 6. The van der Waals surface area contributed by atoms with Crippen LogP contribution in [0.4, 0.5) is 24.5 Å². The Bertz CT molecular complexity index is 1470. The van der Waals surface area contributed by atoms with E-state index < -0.39 is 28.3 Å². The highest BCUT2D eigenvalue weighted by Crippen LogP contribution is 2.35. The van der Waals surface area contributed by atoms with Crippen molar-refractivity contribution in [1.29, 1.82) is 0 Å². The van der Waals surface area contributed by atoms with E-state index in [9.17, 15) is 28.1 Å². The van der Waals surface area contributed by atoms with Crippen LogP contribution >= 0.6 is 23.2 Å². The Balaban J connectivity index is 1.57. The molecule has 0 aliphatic rings. The lowest BCUT2D eigenvalue weighted by Crippen LogP contribution is -2.12. The number of aromatic amines is 1. The minimum Gasteiger partial charge on any atom is -0.457 e. The molecule has 1 heterocycles. The summed E-state index contributed by atoms with van der Waals surface area (Å²) in [6.07, 6.45) is -4.60. The van der Waals surface area contributed by atoms with Crippen molar-refractivity contribution in [1.82, 2.24) is 10.2 Å². The van der Waals surface area contributed by atoms with Crippen molar-refractivity contribution in [2.75, 3.05) is 5.32 Å². The fraction of sp³-hybridized carbons (Fsp3) is 0.0435. The number of nitro groups is 1. The number of nitro benzene ring substituents is 1. The summed E-state index contributed by atoms with van der Waals surface area (Å²) in [4.78, 5) is 23.4. The first kappa shape index (κ1) is 25.0. The molecule has 36 heavy (non-hydrogen) atoms. The van der Waals surface area contributed by atoms with Gasteiger partial charge in [-0.1, -0.05) is 35.3 Å². The van der Waals surface area contributed by atoms with Gasteiger partial charge in [0.05, 0.1) is 38.0 Å². The molecule has 2 N–H and O–H groups in total. The highest BCUT2D eigenvalue weighted by molar-refractivity contribution is 6.42. The molecule has 4 aromatic rings. The number of anilines is 1. The third-order valence-corrected chi connectivity index (χ3v) is 5.53. The van der Waals surface area contributed by atoms with Gasteiger partial charge in [0.2, 0.25) is 0 Å². The van der Waals surface area contributed by atoms with E-state index in [1.807, 2.05) is 0 Å². The van der Waals surface area contributed by atoms with E-state index in [2.05, 4.69) is 15.5 Å². The van der Waals surface area contributed by atoms with Crippen LogP contribution in [-0.4, -0.2) is 21.0 Å². The molecule has 0 saturated carbocycles. The normalized spacial score (nSPS) is 11.2. The second-order valence-corrected chi connectivity index (χ2v) is 8.16. The summed E-state index contributed by atoms with van der Waals surface area (Å²) >= 11 is 11.9. The number of carbonyl (C=O) groups is 1. The average molecular weight is 537 g/mol. The summed E-state index contributed by atoms with van der Waals surface area (Å²) < 4.78 is 44.4. The third-order valence-electron chi connectivity index (χ3n) is 4.79. The Morgan fingerprint density at radius 3 is 2.47 bits per heavy atom. The lowest BCUT2D eigenvalue weighted by molar-refractivity contribution is -0.384. The van der Waals surface area contributed by atoms with Crippen LogP contribution in [0.25, 0.3) is 11.3 Å². The van der Waals surface area contributed by atoms with Gasteiger partial charge in [0, 0.05) is 17.7 Å². The van der Waals surface area contributed by atoms with Gasteiger partial charge in [0.25, 0.3) is 11.6 Å². The van der Waals surface area contributed by atoms with Crippen molar-refractivity contribution in [3.63, 3.8) is 0 Å². The monoisotopic (exact) mass is 536 g/mol. The van der Waals surface area contributed by atoms with Crippen LogP contribution in [0.1, 0.15) is 16.1 Å². The molecule has 0 unspecified atom stereocenters. The summed E-state index contributed by atoms with van der Waals surface area (Å²) in [5.41, 5.74) is -0.408. The van der Waals surface area contributed by atoms with Gasteiger partial charge >= 0.3 is 6.18 Å². The summed E-state index contributed by atoms with van der Waals surface area (Å²) in [5.74, 6) is -1.03. The smallest absolute Gasteiger partial charge is 0.416 e. The third kappa shape index (κ3) is 5.75. The maximum Gasteiger partial charge on any atom is 0.416 e. The van der Waals surface area contributed by atoms with Crippen molar-refractivity contribution in [2.24, 2.45) is 0 Å². The molecule has 0 atom stereocenters. The molecule has 0 aliphatic heterocycles. The van der Waals surface area contributed by atoms with Gasteiger partial charge in [-0.25, -0.2) is 0 Å². The molecule has 13 heteroatoms. The number of hydrogen-bond acceptors (Lipinski definition) is 5. The fourth-order valence-corrected chi connectivity index (χ4v) is 3.43. The van der Waals surface area contributed by atoms with Crippen LogP contribution < -0.4 is 10.1 Å². The van der Waals surface area contributed by atoms with Gasteiger partial charge in [-0.05, 0) is 36.4 Å². The van der Waals surface area contributed by atoms with Crippen LogP contribution in [0, 0.1) is 10.1 Å². The van der Waals surface area contributed by atoms with Crippen LogP contribution in [0.5, 0.6) is 11.5 Å². The number of halogens is 5. The number of nitrogens with one attached hydrogen (secondary N) is 2. The van der Waals surface area contributed by atoms with Gasteiger partial charge in [-0.3, -0.25) is 20.0 Å². The number of benzene rings is 3. The molecule has 1 aromatic heterocycles. The van der Waals surface area contributed by atoms with Crippen LogP contribution in [-0.2, 0) is 6.18 Å². The van der Waals surface area contributed by atoms with Crippen molar-refractivity contribution in [3.05, 3.63) is 98.1 Å². The van der Waals surface area contributed by atoms with E-state index in [1.165, 1.54) is 18.2 Å². The number of aromatic nitrogens is 2. The Labute approximate surface area is 210 Å². The van der Waals surface area contributed by atoms with Crippen molar-refractivity contribution in [3.8, 4) is 22.8 Å². The maximum atomic E-state index is 13.0. The van der Waals surface area contributed by atoms with E-state index in [0.29, 0.717) is 21.3 Å². The second-order valence-electron chi connectivity index (χ2n) is 7.35. The standard InChI is InChI=1S/C23H13Cl2F3N4O4/c24-18-5-4-12(6-19(18)25)20-11-21(31-30-20)22(33)29-14-8-15(32(34)35)10-17(9-14)36-16-3-1-2-13(7-16)23(26,27)28/h1-11H,(H,29,33)(H,30,31). The number of alkyl halides is 3. The van der Waals surface area contributed by atoms with Crippen LogP contribution in [0.3, 0.4) is 0 Å². The van der Waals surface area contributed by atoms with E-state index >= 15 is 0 Å². The Hall–Kier alpha value is -4.09. The molecular weight excluding hydrogens is 524 g/mol. The van der Waals surface area contributed by atoms with E-state index in [0.717, 1.165) is 30.3 Å². The Morgan fingerprint density at radius 1 is 1.00 bits per heavy atom. The molecule has 8 nitrogen and oxygen atoms in total. The highest BCUT2D eigenvalue weighted by Gasteiger charge is 2.30. The zero-order chi connectivity index (χ0) is 26.0. The number of carbonyl (C=O) groups excluding carboxylic acids is 1. The molecule has 0 aliphatic carbocycles. The van der Waals surface area contributed by atoms with E-state index in [-0.39, 0.29) is 22.9 Å². The first-order valence-electron chi connectivity index (χ1n) is 9.96. The molecule has 0 spiro atoms. The van der Waals surface area contributed by atoms with Gasteiger partial charge in [0.15, 0.2) is 0 Å². The summed E-state index contributed by atoms with van der Waals surface area (Å²) in [5, 5.41) is 21.1. The molecule has 4 rings (SSSR count). The quantitative estimate of drug-likeness (QED) is 0.197. The molecule has 0 fully saturated rings. The number of non-ortho nitro benzene ring substituents is 1. The van der Waals surface area contributed by atoms with Crippen molar-refractivity contribution in [2.45, 2.75) is 6.18 Å². The maximum absolute atomic E-state index is 13.0. The van der Waals surface area contributed by atoms with Crippen molar-refractivity contribution < 1.29 is 27.6 Å². The number of nitrogens with zero attached hydrogens (tertiary/aromatic N) is 2. The number of H-pyrrole nitrogens is 1. The van der Waals surface area contributed by atoms with Crippen LogP contribution in [0.15, 0.2) is 66.7 Å². The molecule has 0 radical (unpaired) electrons. The fourth-order valence-electron chi connectivity index (χ4n) is 3.13. The molecule has 0 bridgehead atoms. The Kier molecular flexibility index (Phi) is 6.86. The van der Waals surface area contributed by atoms with Crippen molar-refractivity contribution >= 4 is 40.5 Å². The minimum atomic E-state index is -4.60. The predicted octanol–water partition coefficient (Wildman–Crippen LogP) is 7.36. The first-order chi connectivity index (χ1) is 17.0. The SMILES string of the molecule is O=C(Nc1cc(Oc2cccc(C(F)(F)F)c2)cc([N+](=O)[O-])c1)c1cc(-c2ccc(Cl)c(Cl)c2)n[nH]1. The lowest BCUT2D eigenvalue weighted by atomic mass is 10.1. The van der Waals surface area contributed by atoms with Gasteiger partial charge in [0.1, 0.15) is 17.2 Å². The molecule has 184 valence electrons. The summed E-state index contributed by atoms with van der Waals surface area (Å²) in [6.45, 7) is 0. The number of amides is 1. The Morgan fingerprint density at radius 2 is 1.78 bits per heavy atom. The van der Waals surface area contributed by atoms with Gasteiger partial charge < -0.3 is 10.1 Å². The van der Waals surface area contributed by atoms with Crippen LogP contribution in [0.2, 0.25) is 10.0 Å². The molecule has 0 saturated heterocycles. The lowest BCUT2D eigenvalue weighted by Gasteiger charge is -2.11. The zero-order valence-corrected chi connectivity index (χ0v) is 19.3. The zero-order valence-electron chi connectivity index (χ0n) is 17.8. The van der Waals surface area contributed by atoms with Gasteiger partial charge in [-0.15, -0.1) is 0 Å². The minimum absolute atomic E-state index is 0.0261. The molecule has 3 aromatic carbocycles. The van der Waals surface area contributed by atoms with E-state index in [1.54, 1.807) is 18.2 Å². The number of ether oxygens (including phenoxy) is 1. The van der Waals surface area contributed by atoms with E-state index in [4.69, 9.17) is 27.9 Å². The summed E-state index contributed by atoms with van der Waals surface area (Å²) in [7, 11) is 0. The highest BCUT2D eigenvalue weighted by atomic mass is 35.5. The predicted molar refractivity (Wildman–Crippen MR) is 127 cm³/mol. The summed E-state index contributed by atoms with van der Waals surface area (Å²) in [6, 6.07) is 13.6. The second kappa shape index (κ2) is 9.88. The molecule has 1 amide bonds. The molecular formula is C23H13Cl2F3N4O4. The average Bonchev–Trinajstić information content (AvgIpc) is 3.31. The van der Waals surface area contributed by atoms with Gasteiger partial charge in [-0.2, -0.15) is 18.3 Å². The number of hydrogen-bond donors (Lipinski definition) is 2. The largest absolute Gasteiger partial charge is 0.457 e. The first-order valence-corrected chi connectivity index (χ1v) is 10.7.